The molecule has 29 heavy (non-hydrogen) atoms. The Hall–Kier alpha value is -2.85. The van der Waals surface area contributed by atoms with Gasteiger partial charge in [0, 0.05) is 37.9 Å². The second-order valence-electron chi connectivity index (χ2n) is 8.09. The van der Waals surface area contributed by atoms with Crippen LogP contribution in [0.2, 0.25) is 0 Å². The van der Waals surface area contributed by atoms with E-state index in [-0.39, 0.29) is 24.7 Å². The molecular formula is C18H21F2N7O2. The minimum absolute atomic E-state index is 0.0167. The van der Waals surface area contributed by atoms with Crippen LogP contribution in [0.1, 0.15) is 47.9 Å². The quantitative estimate of drug-likeness (QED) is 0.805. The number of carbonyl (C=O) groups excluding carboxylic acids is 2. The number of alkyl halides is 2. The van der Waals surface area contributed by atoms with Crippen LogP contribution in [0.5, 0.6) is 0 Å². The van der Waals surface area contributed by atoms with Crippen LogP contribution in [-0.2, 0) is 17.9 Å². The largest absolute Gasteiger partial charge is 0.337 e. The van der Waals surface area contributed by atoms with Crippen LogP contribution in [-0.4, -0.2) is 55.4 Å². The molecule has 154 valence electrons. The van der Waals surface area contributed by atoms with Crippen molar-refractivity contribution in [3.05, 3.63) is 23.9 Å². The first-order valence-corrected chi connectivity index (χ1v) is 9.75. The van der Waals surface area contributed by atoms with Crippen molar-refractivity contribution in [3.63, 3.8) is 0 Å². The molecule has 5 rings (SSSR count). The van der Waals surface area contributed by atoms with Crippen LogP contribution in [0, 0.1) is 5.92 Å². The van der Waals surface area contributed by atoms with E-state index in [0.29, 0.717) is 18.9 Å². The van der Waals surface area contributed by atoms with Gasteiger partial charge in [0.2, 0.25) is 5.82 Å². The first kappa shape index (κ1) is 18.2. The predicted molar refractivity (Wildman–Crippen MR) is 96.6 cm³/mol. The highest BCUT2D eigenvalue weighted by Gasteiger charge is 2.56. The molecular weight excluding hydrogens is 384 g/mol. The highest BCUT2D eigenvalue weighted by molar-refractivity contribution is 6.00. The van der Waals surface area contributed by atoms with E-state index in [1.165, 1.54) is 15.9 Å². The van der Waals surface area contributed by atoms with E-state index in [4.69, 9.17) is 0 Å². The normalized spacial score (nSPS) is 25.5. The van der Waals surface area contributed by atoms with Gasteiger partial charge in [-0.3, -0.25) is 19.2 Å². The third-order valence-electron chi connectivity index (χ3n) is 5.78. The molecule has 3 aliphatic rings. The van der Waals surface area contributed by atoms with Crippen molar-refractivity contribution in [1.82, 2.24) is 29.9 Å². The van der Waals surface area contributed by atoms with Crippen LogP contribution in [0.4, 0.5) is 14.6 Å². The number of hydrogen-bond donors (Lipinski definition) is 1. The number of nitrogens with zero attached hydrogens (tertiary/aromatic N) is 6. The molecule has 3 heterocycles. The first-order valence-electron chi connectivity index (χ1n) is 9.75. The molecule has 2 unspecified atom stereocenters. The number of nitrogens with one attached hydrogen (secondary N) is 1. The maximum absolute atomic E-state index is 13.0. The zero-order valence-corrected chi connectivity index (χ0v) is 15.9. The SMILES string of the molecule is CN1C(=O)C(NC(=O)c2ncn(CC3CC3(F)F)n2)CCn2nc(C3CC3)cc21. The lowest BCUT2D eigenvalue weighted by molar-refractivity contribution is -0.120. The number of fused-ring (bicyclic) bond motifs is 1. The molecule has 1 aliphatic heterocycles. The van der Waals surface area contributed by atoms with Gasteiger partial charge in [-0.1, -0.05) is 0 Å². The highest BCUT2D eigenvalue weighted by Crippen LogP contribution is 2.49. The molecule has 9 nitrogen and oxygen atoms in total. The second kappa shape index (κ2) is 6.33. The van der Waals surface area contributed by atoms with E-state index < -0.39 is 23.8 Å². The number of aryl methyl sites for hydroxylation is 1. The zero-order valence-electron chi connectivity index (χ0n) is 15.9. The summed E-state index contributed by atoms with van der Waals surface area (Å²) < 4.78 is 29.1. The van der Waals surface area contributed by atoms with E-state index in [9.17, 15) is 18.4 Å². The molecule has 2 saturated carbocycles. The van der Waals surface area contributed by atoms with Gasteiger partial charge in [-0.25, -0.2) is 18.4 Å². The van der Waals surface area contributed by atoms with Crippen molar-refractivity contribution in [2.75, 3.05) is 11.9 Å². The maximum atomic E-state index is 13.0. The Balaban J connectivity index is 1.24. The van der Waals surface area contributed by atoms with Crippen molar-refractivity contribution in [2.45, 2.75) is 56.7 Å². The Morgan fingerprint density at radius 2 is 2.07 bits per heavy atom. The molecule has 0 spiro atoms. The van der Waals surface area contributed by atoms with E-state index >= 15 is 0 Å². The minimum atomic E-state index is -2.66. The Bertz CT molecular complexity index is 981. The number of likely N-dealkylation sites (N-methyl/N-ethyl adjacent to an activating group) is 1. The van der Waals surface area contributed by atoms with Gasteiger partial charge in [0.25, 0.3) is 17.7 Å². The van der Waals surface area contributed by atoms with E-state index in [2.05, 4.69) is 20.5 Å². The summed E-state index contributed by atoms with van der Waals surface area (Å²) in [7, 11) is 1.67. The smallest absolute Gasteiger partial charge is 0.291 e. The molecule has 11 heteroatoms. The van der Waals surface area contributed by atoms with Crippen molar-refractivity contribution >= 4 is 17.6 Å². The first-order chi connectivity index (χ1) is 13.8. The lowest BCUT2D eigenvalue weighted by atomic mass is 10.2. The number of hydrogen-bond acceptors (Lipinski definition) is 5. The van der Waals surface area contributed by atoms with Gasteiger partial charge < -0.3 is 5.32 Å². The lowest BCUT2D eigenvalue weighted by Crippen LogP contribution is -2.47. The second-order valence-corrected chi connectivity index (χ2v) is 8.09. The van der Waals surface area contributed by atoms with Crippen LogP contribution in [0.15, 0.2) is 12.4 Å². The van der Waals surface area contributed by atoms with Crippen LogP contribution in [0.3, 0.4) is 0 Å². The summed E-state index contributed by atoms with van der Waals surface area (Å²) in [5.74, 6) is -3.18. The van der Waals surface area contributed by atoms with Gasteiger partial charge in [0.15, 0.2) is 0 Å². The molecule has 2 aliphatic carbocycles. The Kier molecular flexibility index (Phi) is 3.97. The number of rotatable bonds is 5. The topological polar surface area (TPSA) is 97.9 Å². The number of aromatic nitrogens is 5. The van der Waals surface area contributed by atoms with Crippen LogP contribution in [0.25, 0.3) is 0 Å². The van der Waals surface area contributed by atoms with Gasteiger partial charge in [0.05, 0.1) is 12.2 Å². The molecule has 0 aromatic carbocycles. The van der Waals surface area contributed by atoms with Crippen molar-refractivity contribution in [1.29, 1.82) is 0 Å². The summed E-state index contributed by atoms with van der Waals surface area (Å²) in [6.45, 7) is 0.518. The van der Waals surface area contributed by atoms with Gasteiger partial charge in [-0.05, 0) is 19.3 Å². The van der Waals surface area contributed by atoms with Gasteiger partial charge in [0.1, 0.15) is 18.2 Å². The molecule has 0 saturated heterocycles. The fraction of sp³-hybridized carbons (Fsp3) is 0.611. The number of carbonyl (C=O) groups is 2. The van der Waals surface area contributed by atoms with Gasteiger partial charge in [-0.15, -0.1) is 5.10 Å². The zero-order chi connectivity index (χ0) is 20.3. The molecule has 0 bridgehead atoms. The third-order valence-corrected chi connectivity index (χ3v) is 5.78. The molecule has 2 atom stereocenters. The summed E-state index contributed by atoms with van der Waals surface area (Å²) in [5.41, 5.74) is 1.01. The van der Waals surface area contributed by atoms with Crippen LogP contribution >= 0.6 is 0 Å². The molecule has 2 fully saturated rings. The summed E-state index contributed by atoms with van der Waals surface area (Å²) in [6, 6.07) is 1.20. The average molecular weight is 405 g/mol. The summed E-state index contributed by atoms with van der Waals surface area (Å²) in [4.78, 5) is 30.7. The predicted octanol–water partition coefficient (Wildman–Crippen LogP) is 1.17. The van der Waals surface area contributed by atoms with Gasteiger partial charge in [-0.2, -0.15) is 5.10 Å². The summed E-state index contributed by atoms with van der Waals surface area (Å²) >= 11 is 0. The summed E-state index contributed by atoms with van der Waals surface area (Å²) in [5, 5.41) is 11.2. The van der Waals surface area contributed by atoms with E-state index in [1.54, 1.807) is 11.7 Å². The molecule has 2 aromatic rings. The van der Waals surface area contributed by atoms with Crippen molar-refractivity contribution in [2.24, 2.45) is 5.92 Å². The highest BCUT2D eigenvalue weighted by atomic mass is 19.3. The number of anilines is 1. The molecule has 1 N–H and O–H groups in total. The van der Waals surface area contributed by atoms with Crippen LogP contribution < -0.4 is 10.2 Å². The minimum Gasteiger partial charge on any atom is -0.337 e. The van der Waals surface area contributed by atoms with Gasteiger partial charge >= 0.3 is 0 Å². The number of amides is 2. The fourth-order valence-corrected chi connectivity index (χ4v) is 3.70. The third kappa shape index (κ3) is 3.38. The van der Waals surface area contributed by atoms with E-state index in [1.807, 2.05) is 6.07 Å². The summed E-state index contributed by atoms with van der Waals surface area (Å²) in [6.07, 6.45) is 3.74. The van der Waals surface area contributed by atoms with Crippen molar-refractivity contribution < 1.29 is 18.4 Å². The molecule has 2 aromatic heterocycles. The maximum Gasteiger partial charge on any atom is 0.291 e. The average Bonchev–Trinajstić information content (AvgIpc) is 3.51. The van der Waals surface area contributed by atoms with E-state index in [0.717, 1.165) is 24.4 Å². The monoisotopic (exact) mass is 405 g/mol. The molecule has 2 amide bonds. The Labute approximate surface area is 165 Å². The lowest BCUT2D eigenvalue weighted by Gasteiger charge is -2.19. The van der Waals surface area contributed by atoms with Crippen molar-refractivity contribution in [3.8, 4) is 0 Å². The standard InChI is InChI=1S/C18H21F2N7O2/c1-25-14-6-13(10-2-3-10)23-27(14)5-4-12(17(25)29)22-16(28)15-21-9-26(24-15)8-11-7-18(11,19)20/h6,9-12H,2-5,7-8H2,1H3,(H,22,28). The molecule has 0 radical (unpaired) electrons. The fourth-order valence-electron chi connectivity index (χ4n) is 3.70. The Morgan fingerprint density at radius 3 is 2.76 bits per heavy atom. The Morgan fingerprint density at radius 1 is 1.31 bits per heavy atom. The number of halogens is 2.